The molecule has 0 radical (unpaired) electrons. The van der Waals surface area contributed by atoms with Gasteiger partial charge in [0.2, 0.25) is 0 Å². The molecule has 0 saturated heterocycles. The lowest BCUT2D eigenvalue weighted by Gasteiger charge is -2.17. The van der Waals surface area contributed by atoms with E-state index in [4.69, 9.17) is 11.6 Å². The van der Waals surface area contributed by atoms with Crippen LogP contribution >= 0.6 is 38.9 Å². The number of hydrogen-bond acceptors (Lipinski definition) is 2. The topological polar surface area (TPSA) is 29.1 Å². The average Bonchev–Trinajstić information content (AvgIpc) is 2.62. The van der Waals surface area contributed by atoms with Crippen molar-refractivity contribution >= 4 is 44.8 Å². The molecule has 1 atom stereocenters. The van der Waals surface area contributed by atoms with Crippen LogP contribution in [-0.2, 0) is 0 Å². The fourth-order valence-corrected chi connectivity index (χ4v) is 3.09. The third kappa shape index (κ3) is 4.07. The predicted octanol–water partition coefficient (Wildman–Crippen LogP) is 3.89. The van der Waals surface area contributed by atoms with Crippen LogP contribution in [0.2, 0.25) is 0 Å². The molecular weight excluding hydrogens is 310 g/mol. The van der Waals surface area contributed by atoms with Crippen LogP contribution in [0.15, 0.2) is 15.9 Å². The van der Waals surface area contributed by atoms with E-state index in [0.717, 1.165) is 10.9 Å². The molecule has 0 aliphatic rings. The van der Waals surface area contributed by atoms with Crippen molar-refractivity contribution in [2.45, 2.75) is 26.3 Å². The van der Waals surface area contributed by atoms with Gasteiger partial charge in [-0.2, -0.15) is 0 Å². The van der Waals surface area contributed by atoms with Crippen molar-refractivity contribution in [2.24, 2.45) is 5.92 Å². The Labute approximate surface area is 114 Å². The van der Waals surface area contributed by atoms with Crippen molar-refractivity contribution in [3.63, 3.8) is 0 Å². The molecule has 0 aliphatic carbocycles. The minimum absolute atomic E-state index is 0.0446. The Morgan fingerprint density at radius 1 is 1.62 bits per heavy atom. The molecule has 1 heterocycles. The van der Waals surface area contributed by atoms with Crippen LogP contribution in [0.5, 0.6) is 0 Å². The van der Waals surface area contributed by atoms with E-state index in [2.05, 4.69) is 35.1 Å². The zero-order valence-corrected chi connectivity index (χ0v) is 12.5. The summed E-state index contributed by atoms with van der Waals surface area (Å²) in [5.41, 5.74) is 0. The van der Waals surface area contributed by atoms with E-state index in [9.17, 15) is 4.79 Å². The maximum atomic E-state index is 11.9. The van der Waals surface area contributed by atoms with Gasteiger partial charge < -0.3 is 5.32 Å². The Bertz CT molecular complexity index is 354. The van der Waals surface area contributed by atoms with Crippen LogP contribution in [0, 0.1) is 5.92 Å². The highest BCUT2D eigenvalue weighted by atomic mass is 79.9. The second-order valence-electron chi connectivity index (χ2n) is 4.05. The van der Waals surface area contributed by atoms with Gasteiger partial charge in [0.15, 0.2) is 0 Å². The molecule has 0 aliphatic heterocycles. The summed E-state index contributed by atoms with van der Waals surface area (Å²) in [7, 11) is 0. The number of hydrogen-bond donors (Lipinski definition) is 1. The number of halogens is 2. The summed E-state index contributed by atoms with van der Waals surface area (Å²) >= 11 is 10.6. The molecule has 0 saturated carbocycles. The molecule has 1 unspecified atom stereocenters. The Hall–Kier alpha value is -0.0600. The summed E-state index contributed by atoms with van der Waals surface area (Å²) in [6.45, 7) is 4.24. The molecule has 16 heavy (non-hydrogen) atoms. The maximum Gasteiger partial charge on any atom is 0.262 e. The van der Waals surface area contributed by atoms with E-state index in [1.807, 2.05) is 11.4 Å². The third-order valence-corrected chi connectivity index (χ3v) is 4.31. The second-order valence-corrected chi connectivity index (χ2v) is 6.13. The van der Waals surface area contributed by atoms with Gasteiger partial charge in [0.05, 0.1) is 0 Å². The van der Waals surface area contributed by atoms with Gasteiger partial charge in [-0.15, -0.1) is 22.9 Å². The van der Waals surface area contributed by atoms with E-state index in [0.29, 0.717) is 16.7 Å². The Morgan fingerprint density at radius 2 is 2.31 bits per heavy atom. The molecule has 0 fully saturated rings. The fourth-order valence-electron chi connectivity index (χ4n) is 1.44. The molecule has 1 N–H and O–H groups in total. The van der Waals surface area contributed by atoms with Crippen LogP contribution in [0.1, 0.15) is 29.9 Å². The van der Waals surface area contributed by atoms with Crippen molar-refractivity contribution < 1.29 is 4.79 Å². The van der Waals surface area contributed by atoms with E-state index in [-0.39, 0.29) is 11.9 Å². The average molecular weight is 325 g/mol. The minimum atomic E-state index is -0.0480. The second kappa shape index (κ2) is 6.62. The third-order valence-electron chi connectivity index (χ3n) is 2.10. The number of rotatable bonds is 5. The van der Waals surface area contributed by atoms with Crippen LogP contribution < -0.4 is 5.32 Å². The number of thiophene rings is 1. The van der Waals surface area contributed by atoms with E-state index < -0.39 is 0 Å². The van der Waals surface area contributed by atoms with Gasteiger partial charge in [0, 0.05) is 16.4 Å². The molecule has 0 aromatic carbocycles. The van der Waals surface area contributed by atoms with Gasteiger partial charge in [-0.05, 0) is 39.7 Å². The van der Waals surface area contributed by atoms with Crippen molar-refractivity contribution in [1.29, 1.82) is 0 Å². The van der Waals surface area contributed by atoms with Gasteiger partial charge in [-0.1, -0.05) is 13.8 Å². The van der Waals surface area contributed by atoms with Crippen LogP contribution in [0.25, 0.3) is 0 Å². The molecule has 5 heteroatoms. The number of carbonyl (C=O) groups is 1. The Balaban J connectivity index is 2.59. The van der Waals surface area contributed by atoms with Crippen LogP contribution in [0.3, 0.4) is 0 Å². The normalized spacial score (nSPS) is 12.8. The SMILES string of the molecule is CC(C)CC(CCl)NC(=O)c1sccc1Br. The first-order chi connectivity index (χ1) is 7.54. The highest BCUT2D eigenvalue weighted by Gasteiger charge is 2.16. The lowest BCUT2D eigenvalue weighted by atomic mass is 10.1. The van der Waals surface area contributed by atoms with E-state index in [1.54, 1.807) is 0 Å². The summed E-state index contributed by atoms with van der Waals surface area (Å²) in [5.74, 6) is 0.927. The summed E-state index contributed by atoms with van der Waals surface area (Å²) in [6, 6.07) is 1.92. The minimum Gasteiger partial charge on any atom is -0.347 e. The lowest BCUT2D eigenvalue weighted by Crippen LogP contribution is -2.36. The molecule has 1 aromatic heterocycles. The van der Waals surface area contributed by atoms with Gasteiger partial charge in [-0.3, -0.25) is 4.79 Å². The molecule has 0 spiro atoms. The van der Waals surface area contributed by atoms with E-state index in [1.165, 1.54) is 11.3 Å². The van der Waals surface area contributed by atoms with Gasteiger partial charge in [-0.25, -0.2) is 0 Å². The van der Waals surface area contributed by atoms with Crippen LogP contribution in [-0.4, -0.2) is 17.8 Å². The standard InChI is InChI=1S/C11H15BrClNOS/c1-7(2)5-8(6-13)14-11(15)10-9(12)3-4-16-10/h3-4,7-8H,5-6H2,1-2H3,(H,14,15). The number of nitrogens with one attached hydrogen (secondary N) is 1. The van der Waals surface area contributed by atoms with Crippen molar-refractivity contribution in [1.82, 2.24) is 5.32 Å². The van der Waals surface area contributed by atoms with Gasteiger partial charge >= 0.3 is 0 Å². The van der Waals surface area contributed by atoms with Crippen LogP contribution in [0.4, 0.5) is 0 Å². The molecular formula is C11H15BrClNOS. The Morgan fingerprint density at radius 3 is 2.75 bits per heavy atom. The highest BCUT2D eigenvalue weighted by molar-refractivity contribution is 9.10. The predicted molar refractivity (Wildman–Crippen MR) is 73.4 cm³/mol. The summed E-state index contributed by atoms with van der Waals surface area (Å²) in [4.78, 5) is 12.6. The molecule has 90 valence electrons. The smallest absolute Gasteiger partial charge is 0.262 e. The largest absolute Gasteiger partial charge is 0.347 e. The zero-order chi connectivity index (χ0) is 12.1. The van der Waals surface area contributed by atoms with E-state index >= 15 is 0 Å². The Kier molecular flexibility index (Phi) is 5.79. The van der Waals surface area contributed by atoms with Crippen molar-refractivity contribution in [3.8, 4) is 0 Å². The highest BCUT2D eigenvalue weighted by Crippen LogP contribution is 2.22. The number of alkyl halides is 1. The number of amides is 1. The first kappa shape index (κ1) is 14.0. The first-order valence-corrected chi connectivity index (χ1v) is 7.35. The monoisotopic (exact) mass is 323 g/mol. The maximum absolute atomic E-state index is 11.9. The molecule has 2 nitrogen and oxygen atoms in total. The lowest BCUT2D eigenvalue weighted by molar-refractivity contribution is 0.0940. The van der Waals surface area contributed by atoms with Gasteiger partial charge in [0.1, 0.15) is 4.88 Å². The first-order valence-electron chi connectivity index (χ1n) is 5.14. The number of carbonyl (C=O) groups excluding carboxylic acids is 1. The molecule has 0 bridgehead atoms. The molecule has 1 aromatic rings. The molecule has 1 amide bonds. The zero-order valence-electron chi connectivity index (χ0n) is 9.30. The molecule has 1 rings (SSSR count). The summed E-state index contributed by atoms with van der Waals surface area (Å²) in [6.07, 6.45) is 0.901. The summed E-state index contributed by atoms with van der Waals surface area (Å²) < 4.78 is 0.841. The van der Waals surface area contributed by atoms with Gasteiger partial charge in [0.25, 0.3) is 5.91 Å². The quantitative estimate of drug-likeness (QED) is 0.818. The van der Waals surface area contributed by atoms with Crippen molar-refractivity contribution in [2.75, 3.05) is 5.88 Å². The summed E-state index contributed by atoms with van der Waals surface area (Å²) in [5, 5.41) is 4.84. The fraction of sp³-hybridized carbons (Fsp3) is 0.545. The van der Waals surface area contributed by atoms with Crippen molar-refractivity contribution in [3.05, 3.63) is 20.8 Å².